The Hall–Kier alpha value is -1.91. The lowest BCUT2D eigenvalue weighted by atomic mass is 10.2. The van der Waals surface area contributed by atoms with Crippen LogP contribution >= 0.6 is 11.6 Å². The second-order valence-electron chi connectivity index (χ2n) is 5.06. The monoisotopic (exact) mass is 304 g/mol. The van der Waals surface area contributed by atoms with Crippen LogP contribution in [0.5, 0.6) is 0 Å². The Bertz CT molecular complexity index is 603. The largest absolute Gasteiger partial charge is 0.324 e. The maximum Gasteiger partial charge on any atom is 0.282 e. The summed E-state index contributed by atoms with van der Waals surface area (Å²) in [7, 11) is 2.00. The fraction of sp³-hybridized carbons (Fsp3) is 0.250. The summed E-state index contributed by atoms with van der Waals surface area (Å²) in [5.74, 6) is -0.0710. The molecule has 1 aromatic carbocycles. The zero-order chi connectivity index (χ0) is 15.2. The normalized spacial score (nSPS) is 13.5. The predicted octanol–water partition coefficient (Wildman–Crippen LogP) is 1.78. The summed E-state index contributed by atoms with van der Waals surface area (Å²) in [6.07, 6.45) is 1.59. The Balaban J connectivity index is 1.97. The second kappa shape index (κ2) is 7.20. The Morgan fingerprint density at radius 3 is 2.67 bits per heavy atom. The Kier molecular flexibility index (Phi) is 5.31. The molecule has 5 heteroatoms. The number of likely N-dealkylation sites (N-methyl/N-ethyl adjacent to an activating group) is 1. The van der Waals surface area contributed by atoms with Gasteiger partial charge in [0.2, 0.25) is 0 Å². The number of benzene rings is 1. The van der Waals surface area contributed by atoms with Gasteiger partial charge in [0.1, 0.15) is 6.54 Å². The van der Waals surface area contributed by atoms with Gasteiger partial charge in [-0.15, -0.1) is 0 Å². The number of nitrogens with one attached hydrogen (secondary N) is 2. The first-order chi connectivity index (χ1) is 10.1. The summed E-state index contributed by atoms with van der Waals surface area (Å²) in [4.78, 5) is 17.3. The molecule has 110 valence electrons. The van der Waals surface area contributed by atoms with Crippen molar-refractivity contribution in [3.8, 4) is 0 Å². The summed E-state index contributed by atoms with van der Waals surface area (Å²) in [6.45, 7) is 2.69. The number of rotatable bonds is 5. The number of quaternary nitrogens is 1. The van der Waals surface area contributed by atoms with E-state index in [2.05, 4.69) is 22.4 Å². The number of amides is 1. The average molecular weight is 305 g/mol. The third-order valence-corrected chi connectivity index (χ3v) is 3.78. The van der Waals surface area contributed by atoms with E-state index in [1.165, 1.54) is 5.56 Å². The molecule has 0 aliphatic carbocycles. The Labute approximate surface area is 129 Å². The van der Waals surface area contributed by atoms with Gasteiger partial charge in [-0.3, -0.25) is 4.79 Å². The van der Waals surface area contributed by atoms with Gasteiger partial charge in [0, 0.05) is 11.8 Å². The van der Waals surface area contributed by atoms with E-state index in [0.29, 0.717) is 10.8 Å². The molecule has 0 aliphatic rings. The Morgan fingerprint density at radius 2 is 2.00 bits per heavy atom. The first-order valence-corrected chi connectivity index (χ1v) is 7.23. The van der Waals surface area contributed by atoms with Gasteiger partial charge in [0.15, 0.2) is 11.2 Å². The molecule has 0 radical (unpaired) electrons. The number of nitrogens with zero attached hydrogens (tertiary/aromatic N) is 1. The number of carbonyl (C=O) groups is 1. The molecule has 1 unspecified atom stereocenters. The van der Waals surface area contributed by atoms with E-state index in [4.69, 9.17) is 11.6 Å². The number of hydrogen-bond acceptors (Lipinski definition) is 2. The molecule has 0 aliphatic heterocycles. The van der Waals surface area contributed by atoms with E-state index in [-0.39, 0.29) is 11.9 Å². The third-order valence-electron chi connectivity index (χ3n) is 3.48. The number of carbonyl (C=O) groups excluding carboxylic acids is 1. The average Bonchev–Trinajstić information content (AvgIpc) is 2.49. The van der Waals surface area contributed by atoms with Gasteiger partial charge in [-0.1, -0.05) is 41.9 Å². The molecule has 2 rings (SSSR count). The summed E-state index contributed by atoms with van der Waals surface area (Å²) < 4.78 is 0. The molecule has 0 saturated heterocycles. The smallest absolute Gasteiger partial charge is 0.282 e. The fourth-order valence-electron chi connectivity index (χ4n) is 2.01. The van der Waals surface area contributed by atoms with Crippen LogP contribution in [0.3, 0.4) is 0 Å². The number of pyridine rings is 1. The van der Waals surface area contributed by atoms with Gasteiger partial charge >= 0.3 is 0 Å². The summed E-state index contributed by atoms with van der Waals surface area (Å²) >= 11 is 5.95. The molecular formula is C16H19ClN3O+. The van der Waals surface area contributed by atoms with Crippen molar-refractivity contribution in [2.24, 2.45) is 0 Å². The second-order valence-corrected chi connectivity index (χ2v) is 5.42. The molecule has 21 heavy (non-hydrogen) atoms. The van der Waals surface area contributed by atoms with Crippen molar-refractivity contribution in [2.45, 2.75) is 19.5 Å². The van der Waals surface area contributed by atoms with Crippen molar-refractivity contribution in [3.05, 3.63) is 59.4 Å². The highest BCUT2D eigenvalue weighted by Crippen LogP contribution is 2.17. The minimum Gasteiger partial charge on any atom is -0.324 e. The number of anilines is 1. The zero-order valence-electron chi connectivity index (χ0n) is 12.1. The van der Waals surface area contributed by atoms with Crippen LogP contribution in [0.25, 0.3) is 0 Å². The molecule has 1 amide bonds. The van der Waals surface area contributed by atoms with Gasteiger partial charge in [-0.2, -0.15) is 0 Å². The molecule has 0 bridgehead atoms. The van der Waals surface area contributed by atoms with Crippen molar-refractivity contribution in [1.82, 2.24) is 4.98 Å². The maximum absolute atomic E-state index is 12.3. The minimum absolute atomic E-state index is 0.0710. The van der Waals surface area contributed by atoms with E-state index < -0.39 is 0 Å². The molecular weight excluding hydrogens is 286 g/mol. The van der Waals surface area contributed by atoms with E-state index in [0.717, 1.165) is 11.4 Å². The first kappa shape index (κ1) is 15.5. The summed E-state index contributed by atoms with van der Waals surface area (Å²) in [6, 6.07) is 13.4. The minimum atomic E-state index is -0.193. The molecule has 0 spiro atoms. The van der Waals surface area contributed by atoms with Gasteiger partial charge < -0.3 is 10.2 Å². The lowest BCUT2D eigenvalue weighted by molar-refractivity contribution is -0.907. The van der Waals surface area contributed by atoms with Crippen LogP contribution in [0.15, 0.2) is 48.7 Å². The Morgan fingerprint density at radius 1 is 1.29 bits per heavy atom. The van der Waals surface area contributed by atoms with Crippen molar-refractivity contribution in [3.63, 3.8) is 0 Å². The van der Waals surface area contributed by atoms with E-state index in [9.17, 15) is 4.79 Å². The highest BCUT2D eigenvalue weighted by atomic mass is 35.5. The van der Waals surface area contributed by atoms with Crippen LogP contribution in [0.2, 0.25) is 5.15 Å². The van der Waals surface area contributed by atoms with Crippen LogP contribution < -0.4 is 10.2 Å². The molecule has 0 saturated carbocycles. The molecule has 2 aromatic rings. The highest BCUT2D eigenvalue weighted by Gasteiger charge is 2.22. The van der Waals surface area contributed by atoms with Gasteiger partial charge in [0.05, 0.1) is 12.7 Å². The van der Waals surface area contributed by atoms with E-state index in [1.807, 2.05) is 32.2 Å². The number of aromatic nitrogens is 1. The lowest BCUT2D eigenvalue weighted by Crippen LogP contribution is -3.12. The standard InChI is InChI=1S/C16H18ClN3O/c1-12(20(2)11-13-7-4-3-5-8-13)16(21)19-14-9-6-10-18-15(14)17/h3-10,12H,11H2,1-2H3,(H,19,21)/p+1/t12-/m1/s1. The lowest BCUT2D eigenvalue weighted by Gasteiger charge is -2.21. The zero-order valence-corrected chi connectivity index (χ0v) is 12.9. The van der Waals surface area contributed by atoms with Crippen molar-refractivity contribution in [2.75, 3.05) is 12.4 Å². The van der Waals surface area contributed by atoms with E-state index in [1.54, 1.807) is 18.3 Å². The maximum atomic E-state index is 12.3. The van der Waals surface area contributed by atoms with Crippen molar-refractivity contribution < 1.29 is 9.69 Å². The van der Waals surface area contributed by atoms with Crippen molar-refractivity contribution >= 4 is 23.2 Å². The van der Waals surface area contributed by atoms with Crippen LogP contribution in [0.4, 0.5) is 5.69 Å². The fourth-order valence-corrected chi connectivity index (χ4v) is 2.18. The SMILES string of the molecule is C[C@H](C(=O)Nc1cccnc1Cl)[NH+](C)Cc1ccccc1. The molecule has 2 N–H and O–H groups in total. The van der Waals surface area contributed by atoms with Crippen LogP contribution in [0.1, 0.15) is 12.5 Å². The number of hydrogen-bond donors (Lipinski definition) is 2. The third kappa shape index (κ3) is 4.28. The molecule has 1 aromatic heterocycles. The van der Waals surface area contributed by atoms with Crippen LogP contribution in [-0.4, -0.2) is 24.0 Å². The number of halogens is 1. The molecule has 4 nitrogen and oxygen atoms in total. The molecule has 2 atom stereocenters. The van der Waals surface area contributed by atoms with Crippen LogP contribution in [-0.2, 0) is 11.3 Å². The van der Waals surface area contributed by atoms with Crippen molar-refractivity contribution in [1.29, 1.82) is 0 Å². The quantitative estimate of drug-likeness (QED) is 0.827. The first-order valence-electron chi connectivity index (χ1n) is 6.85. The highest BCUT2D eigenvalue weighted by molar-refractivity contribution is 6.32. The summed E-state index contributed by atoms with van der Waals surface area (Å²) in [5, 5.41) is 3.13. The summed E-state index contributed by atoms with van der Waals surface area (Å²) in [5.41, 5.74) is 1.75. The molecule has 0 fully saturated rings. The topological polar surface area (TPSA) is 46.4 Å². The van der Waals surface area contributed by atoms with Gasteiger partial charge in [-0.25, -0.2) is 4.98 Å². The van der Waals surface area contributed by atoms with Gasteiger partial charge in [-0.05, 0) is 19.1 Å². The van der Waals surface area contributed by atoms with Gasteiger partial charge in [0.25, 0.3) is 5.91 Å². The van der Waals surface area contributed by atoms with Crippen LogP contribution in [0, 0.1) is 0 Å². The molecule has 1 heterocycles. The predicted molar refractivity (Wildman–Crippen MR) is 84.4 cm³/mol. The van der Waals surface area contributed by atoms with E-state index >= 15 is 0 Å².